The molecule has 2 unspecified atom stereocenters. The van der Waals surface area contributed by atoms with Gasteiger partial charge in [-0.2, -0.15) is 0 Å². The Bertz CT molecular complexity index is 572. The molecule has 0 aromatic heterocycles. The van der Waals surface area contributed by atoms with E-state index in [4.69, 9.17) is 5.73 Å². The van der Waals surface area contributed by atoms with Gasteiger partial charge in [-0.15, -0.1) is 0 Å². The topological polar surface area (TPSA) is 113 Å². The van der Waals surface area contributed by atoms with Crippen LogP contribution >= 0.6 is 0 Å². The summed E-state index contributed by atoms with van der Waals surface area (Å²) in [6.07, 6.45) is 0. The van der Waals surface area contributed by atoms with E-state index in [1.165, 1.54) is 11.8 Å². The minimum absolute atomic E-state index is 0.0337. The molecule has 4 N–H and O–H groups in total. The summed E-state index contributed by atoms with van der Waals surface area (Å²) >= 11 is 0. The number of primary amides is 1. The van der Waals surface area contributed by atoms with Crippen LogP contribution in [0.1, 0.15) is 18.4 Å². The number of urea groups is 1. The average Bonchev–Trinajstić information content (AvgIpc) is 2.78. The number of amides is 3. The minimum Gasteiger partial charge on any atom is -0.481 e. The first-order chi connectivity index (χ1) is 9.41. The normalized spacial score (nSPS) is 18.2. The molecule has 0 fully saturated rings. The van der Waals surface area contributed by atoms with Crippen LogP contribution < -0.4 is 16.0 Å². The lowest BCUT2D eigenvalue weighted by atomic mass is 10.0. The van der Waals surface area contributed by atoms with Crippen molar-refractivity contribution in [3.05, 3.63) is 29.8 Å². The molecular weight excluding hydrogens is 262 g/mol. The maximum Gasteiger partial charge on any atom is 0.322 e. The van der Waals surface area contributed by atoms with Gasteiger partial charge in [-0.3, -0.25) is 14.5 Å². The number of benzene rings is 1. The summed E-state index contributed by atoms with van der Waals surface area (Å²) in [6, 6.07) is 5.44. The number of anilines is 1. The minimum atomic E-state index is -0.990. The van der Waals surface area contributed by atoms with Gasteiger partial charge in [-0.1, -0.05) is 18.2 Å². The largest absolute Gasteiger partial charge is 0.481 e. The first-order valence-electron chi connectivity index (χ1n) is 6.11. The van der Waals surface area contributed by atoms with Crippen molar-refractivity contribution in [2.45, 2.75) is 18.9 Å². The second-order valence-electron chi connectivity index (χ2n) is 4.63. The third-order valence-corrected chi connectivity index (χ3v) is 3.28. The Balaban J connectivity index is 2.24. The Morgan fingerprint density at radius 1 is 1.40 bits per heavy atom. The molecule has 7 nitrogen and oxygen atoms in total. The van der Waals surface area contributed by atoms with Crippen LogP contribution in [0.5, 0.6) is 0 Å². The molecule has 0 bridgehead atoms. The van der Waals surface area contributed by atoms with E-state index in [0.717, 1.165) is 0 Å². The molecule has 2 atom stereocenters. The number of rotatable bonds is 3. The van der Waals surface area contributed by atoms with Crippen molar-refractivity contribution >= 4 is 23.6 Å². The summed E-state index contributed by atoms with van der Waals surface area (Å²) in [5.74, 6) is -2.41. The number of fused-ring (bicyclic) bond motifs is 1. The van der Waals surface area contributed by atoms with E-state index in [9.17, 15) is 19.5 Å². The van der Waals surface area contributed by atoms with Gasteiger partial charge < -0.3 is 16.2 Å². The summed E-state index contributed by atoms with van der Waals surface area (Å²) in [5.41, 5.74) is 6.21. The number of para-hydroxylation sites is 1. The SMILES string of the molecule is CC(NC(=O)N1CC(C(=O)O)c2ccccc21)C(N)=O. The number of aliphatic carboxylic acids is 1. The summed E-state index contributed by atoms with van der Waals surface area (Å²) in [6.45, 7) is 1.50. The van der Waals surface area contributed by atoms with Crippen molar-refractivity contribution in [3.63, 3.8) is 0 Å². The van der Waals surface area contributed by atoms with Gasteiger partial charge in [0.25, 0.3) is 0 Å². The smallest absolute Gasteiger partial charge is 0.322 e. The fourth-order valence-electron chi connectivity index (χ4n) is 2.14. The molecular formula is C13H15N3O4. The van der Waals surface area contributed by atoms with E-state index >= 15 is 0 Å². The quantitative estimate of drug-likeness (QED) is 0.735. The van der Waals surface area contributed by atoms with Gasteiger partial charge in [0.05, 0.1) is 0 Å². The Morgan fingerprint density at radius 3 is 2.65 bits per heavy atom. The second-order valence-corrected chi connectivity index (χ2v) is 4.63. The molecule has 1 aliphatic rings. The highest BCUT2D eigenvalue weighted by Gasteiger charge is 2.36. The van der Waals surface area contributed by atoms with Crippen molar-refractivity contribution < 1.29 is 19.5 Å². The number of carboxylic acid groups (broad SMARTS) is 1. The summed E-state index contributed by atoms with van der Waals surface area (Å²) in [7, 11) is 0. The average molecular weight is 277 g/mol. The Labute approximate surface area is 115 Å². The predicted molar refractivity (Wildman–Crippen MR) is 71.4 cm³/mol. The van der Waals surface area contributed by atoms with Crippen LogP contribution in [0, 0.1) is 0 Å². The Kier molecular flexibility index (Phi) is 3.60. The van der Waals surface area contributed by atoms with Crippen LogP contribution in [0.4, 0.5) is 10.5 Å². The van der Waals surface area contributed by atoms with Gasteiger partial charge in [0.15, 0.2) is 0 Å². The maximum absolute atomic E-state index is 12.1. The number of nitrogens with two attached hydrogens (primary N) is 1. The van der Waals surface area contributed by atoms with Crippen molar-refractivity contribution in [3.8, 4) is 0 Å². The zero-order valence-corrected chi connectivity index (χ0v) is 10.9. The van der Waals surface area contributed by atoms with Gasteiger partial charge in [0, 0.05) is 12.2 Å². The van der Waals surface area contributed by atoms with Crippen LogP contribution in [0.25, 0.3) is 0 Å². The van der Waals surface area contributed by atoms with Crippen molar-refractivity contribution in [1.29, 1.82) is 0 Å². The third kappa shape index (κ3) is 2.42. The fraction of sp³-hybridized carbons (Fsp3) is 0.308. The second kappa shape index (κ2) is 5.20. The zero-order valence-electron chi connectivity index (χ0n) is 10.9. The fourth-order valence-corrected chi connectivity index (χ4v) is 2.14. The van der Waals surface area contributed by atoms with E-state index < -0.39 is 29.9 Å². The lowest BCUT2D eigenvalue weighted by molar-refractivity contribution is -0.138. The molecule has 7 heteroatoms. The third-order valence-electron chi connectivity index (χ3n) is 3.28. The van der Waals surface area contributed by atoms with Crippen molar-refractivity contribution in [2.24, 2.45) is 5.73 Å². The van der Waals surface area contributed by atoms with Gasteiger partial charge >= 0.3 is 12.0 Å². The molecule has 20 heavy (non-hydrogen) atoms. The predicted octanol–water partition coefficient (Wildman–Crippen LogP) is 0.258. The van der Waals surface area contributed by atoms with Crippen molar-refractivity contribution in [2.75, 3.05) is 11.4 Å². The Morgan fingerprint density at radius 2 is 2.05 bits per heavy atom. The van der Waals surface area contributed by atoms with Crippen LogP contribution in [0.15, 0.2) is 24.3 Å². The highest BCUT2D eigenvalue weighted by molar-refractivity contribution is 5.99. The molecule has 2 rings (SSSR count). The molecule has 1 aromatic carbocycles. The summed E-state index contributed by atoms with van der Waals surface area (Å²) < 4.78 is 0. The first-order valence-corrected chi connectivity index (χ1v) is 6.11. The van der Waals surface area contributed by atoms with E-state index in [2.05, 4.69) is 5.32 Å². The molecule has 0 spiro atoms. The van der Waals surface area contributed by atoms with E-state index in [1.54, 1.807) is 24.3 Å². The number of carboxylic acids is 1. The number of nitrogens with zero attached hydrogens (tertiary/aromatic N) is 1. The van der Waals surface area contributed by atoms with Crippen LogP contribution in [0.2, 0.25) is 0 Å². The standard InChI is InChI=1S/C13H15N3O4/c1-7(11(14)17)15-13(20)16-6-9(12(18)19)8-4-2-3-5-10(8)16/h2-5,7,9H,6H2,1H3,(H2,14,17)(H,15,20)(H,18,19). The summed E-state index contributed by atoms with van der Waals surface area (Å²) in [4.78, 5) is 35.6. The molecule has 106 valence electrons. The molecule has 1 aromatic rings. The van der Waals surface area contributed by atoms with E-state index in [0.29, 0.717) is 11.3 Å². The highest BCUT2D eigenvalue weighted by atomic mass is 16.4. The van der Waals surface area contributed by atoms with Crippen LogP contribution in [-0.4, -0.2) is 35.6 Å². The zero-order chi connectivity index (χ0) is 14.9. The molecule has 0 radical (unpaired) electrons. The number of carbonyl (C=O) groups is 3. The lowest BCUT2D eigenvalue weighted by Gasteiger charge is -2.20. The Hall–Kier alpha value is -2.57. The number of nitrogens with one attached hydrogen (secondary N) is 1. The van der Waals surface area contributed by atoms with Gasteiger partial charge in [-0.25, -0.2) is 4.79 Å². The van der Waals surface area contributed by atoms with Gasteiger partial charge in [0.1, 0.15) is 12.0 Å². The molecule has 3 amide bonds. The molecule has 0 saturated carbocycles. The maximum atomic E-state index is 12.1. The van der Waals surface area contributed by atoms with Crippen LogP contribution in [-0.2, 0) is 9.59 Å². The number of hydrogen-bond donors (Lipinski definition) is 3. The van der Waals surface area contributed by atoms with Gasteiger partial charge in [-0.05, 0) is 18.6 Å². The highest BCUT2D eigenvalue weighted by Crippen LogP contribution is 2.36. The van der Waals surface area contributed by atoms with Crippen molar-refractivity contribution in [1.82, 2.24) is 5.32 Å². The molecule has 0 saturated heterocycles. The van der Waals surface area contributed by atoms with Gasteiger partial charge in [0.2, 0.25) is 5.91 Å². The van der Waals surface area contributed by atoms with Crippen LogP contribution in [0.3, 0.4) is 0 Å². The lowest BCUT2D eigenvalue weighted by Crippen LogP contribution is -2.48. The molecule has 1 heterocycles. The monoisotopic (exact) mass is 277 g/mol. The van der Waals surface area contributed by atoms with E-state index in [1.807, 2.05) is 0 Å². The first kappa shape index (κ1) is 13.9. The number of hydrogen-bond acceptors (Lipinski definition) is 3. The molecule has 1 aliphatic heterocycles. The molecule has 0 aliphatic carbocycles. The van der Waals surface area contributed by atoms with E-state index in [-0.39, 0.29) is 6.54 Å². The summed E-state index contributed by atoms with van der Waals surface area (Å²) in [5, 5.41) is 11.6. The number of carbonyl (C=O) groups excluding carboxylic acids is 2.